The smallest absolute Gasteiger partial charge is 0.255 e. The minimum absolute atomic E-state index is 0.125. The number of amides is 3. The Kier molecular flexibility index (Phi) is 23.5. The Hall–Kier alpha value is -8.23. The molecule has 3 unspecified atom stereocenters. The predicted octanol–water partition coefficient (Wildman–Crippen LogP) is 11.5. The lowest BCUT2D eigenvalue weighted by Crippen LogP contribution is -2.29. The van der Waals surface area contributed by atoms with Gasteiger partial charge in [0.05, 0.1) is 102 Å². The van der Waals surface area contributed by atoms with Crippen LogP contribution in [0.25, 0.3) is 17.1 Å². The SMILES string of the molecule is CCCC(NC(=O)c1cnn(-c2ccc(Br)cc2)c1C)c1cncc(S(C)(=O)=O)c1.CCCC(NC(=O)c1cnn(-c2ccc(C)cc2)c1C)c1cncc(S(C)(=O)=O)c1.CCCC(NC(=O)c1cnn(-c2cccc(Cl)c2)c1C)c1cncc(S(C)(=O)=O)c1. The van der Waals surface area contributed by atoms with Crippen molar-refractivity contribution in [3.8, 4) is 17.1 Å². The Balaban J connectivity index is 0.000000192. The van der Waals surface area contributed by atoms with E-state index < -0.39 is 29.5 Å². The molecule has 3 atom stereocenters. The number of carbonyl (C=O) groups excluding carboxylic acids is 3. The molecule has 6 heterocycles. The second-order valence-corrected chi connectivity index (χ2v) is 29.0. The molecule has 0 aliphatic rings. The summed E-state index contributed by atoms with van der Waals surface area (Å²) >= 11 is 9.47. The zero-order valence-corrected chi connectivity index (χ0v) is 56.3. The highest BCUT2D eigenvalue weighted by Crippen LogP contribution is 2.27. The standard InChI is InChI=1S/C22H26N4O3S.C21H23BrN4O3S.C21H23ClN4O3S/c1-5-6-21(17-11-19(13-23-12-17)30(4,28)29)25-22(27)20-14-24-26(16(20)3)18-9-7-15(2)8-10-18;1-4-5-20(15-10-18(12-23-11-15)30(3,28)29)25-21(27)19-13-24-26(14(19)2)17-8-6-16(22)7-9-17;1-4-6-20(15-9-18(12-23-11-15)30(3,28)29)25-21(27)19-13-24-26(14(19)2)17-8-5-7-16(22)10-17/h7-14,21H,5-6H2,1-4H3,(H,25,27);6-13,20H,4-5H2,1-3H3,(H,25,27);5,7-13,20H,4,6H2,1-3H3,(H,25,27). The summed E-state index contributed by atoms with van der Waals surface area (Å²) in [7, 11) is -10.2. The third-order valence-electron chi connectivity index (χ3n) is 14.5. The summed E-state index contributed by atoms with van der Waals surface area (Å²) in [5, 5.41) is 22.7. The van der Waals surface area contributed by atoms with Crippen LogP contribution in [0.15, 0.2) is 166 Å². The monoisotopic (exact) mass is 1360 g/mol. The van der Waals surface area contributed by atoms with Crippen LogP contribution in [-0.2, 0) is 29.5 Å². The normalized spacial score (nSPS) is 12.5. The molecule has 9 rings (SSSR count). The maximum atomic E-state index is 13.0. The predicted molar refractivity (Wildman–Crippen MR) is 350 cm³/mol. The molecule has 3 N–H and O–H groups in total. The van der Waals surface area contributed by atoms with Gasteiger partial charge in [-0.25, -0.2) is 39.3 Å². The molecule has 0 bridgehead atoms. The first-order chi connectivity index (χ1) is 42.6. The number of hydrogen-bond acceptors (Lipinski definition) is 15. The van der Waals surface area contributed by atoms with Crippen LogP contribution in [0.3, 0.4) is 0 Å². The molecule has 0 spiro atoms. The van der Waals surface area contributed by atoms with Crippen molar-refractivity contribution in [3.05, 3.63) is 212 Å². The largest absolute Gasteiger partial charge is 0.345 e. The molecule has 0 radical (unpaired) electrons. The van der Waals surface area contributed by atoms with Gasteiger partial charge in [0, 0.05) is 65.4 Å². The van der Waals surface area contributed by atoms with Gasteiger partial charge in [0.25, 0.3) is 17.7 Å². The van der Waals surface area contributed by atoms with Crippen LogP contribution in [0.2, 0.25) is 5.02 Å². The highest BCUT2D eigenvalue weighted by molar-refractivity contribution is 9.10. The minimum atomic E-state index is -3.39. The van der Waals surface area contributed by atoms with Crippen LogP contribution in [-0.4, -0.2) is 106 Å². The molecule has 0 saturated heterocycles. The number of nitrogens with zero attached hydrogens (tertiary/aromatic N) is 9. The van der Waals surface area contributed by atoms with Gasteiger partial charge in [-0.2, -0.15) is 15.3 Å². The minimum Gasteiger partial charge on any atom is -0.345 e. The highest BCUT2D eigenvalue weighted by atomic mass is 79.9. The fourth-order valence-corrected chi connectivity index (χ4v) is 11.8. The second kappa shape index (κ2) is 30.5. The molecule has 0 saturated carbocycles. The van der Waals surface area contributed by atoms with E-state index in [2.05, 4.69) is 62.1 Å². The molecule has 26 heteroatoms. The quantitative estimate of drug-likeness (QED) is 0.0603. The summed E-state index contributed by atoms with van der Waals surface area (Å²) in [6.45, 7) is 13.5. The van der Waals surface area contributed by atoms with Gasteiger partial charge in [0.2, 0.25) is 0 Å². The lowest BCUT2D eigenvalue weighted by molar-refractivity contribution is 0.0925. The molecule has 9 aromatic rings. The van der Waals surface area contributed by atoms with E-state index in [1.165, 1.54) is 24.8 Å². The first-order valence-electron chi connectivity index (χ1n) is 28.7. The van der Waals surface area contributed by atoms with E-state index in [1.807, 2.05) is 109 Å². The molecule has 474 valence electrons. The topological polar surface area (TPSA) is 282 Å². The highest BCUT2D eigenvalue weighted by Gasteiger charge is 2.25. The number of aryl methyl sites for hydroxylation is 1. The zero-order chi connectivity index (χ0) is 65.7. The van der Waals surface area contributed by atoms with Crippen molar-refractivity contribution in [2.75, 3.05) is 18.8 Å². The third-order valence-corrected chi connectivity index (χ3v) is 18.5. The van der Waals surface area contributed by atoms with Gasteiger partial charge in [-0.3, -0.25) is 29.3 Å². The van der Waals surface area contributed by atoms with Gasteiger partial charge < -0.3 is 16.0 Å². The molecule has 90 heavy (non-hydrogen) atoms. The summed E-state index contributed by atoms with van der Waals surface area (Å²) in [6.07, 6.45) is 21.1. The molecule has 3 amide bonds. The number of carbonyl (C=O) groups is 3. The van der Waals surface area contributed by atoms with Crippen LogP contribution in [0.5, 0.6) is 0 Å². The van der Waals surface area contributed by atoms with E-state index >= 15 is 0 Å². The Morgan fingerprint density at radius 2 is 0.778 bits per heavy atom. The summed E-state index contributed by atoms with van der Waals surface area (Å²) < 4.78 is 77.3. The van der Waals surface area contributed by atoms with Crippen LogP contribution >= 0.6 is 27.5 Å². The molecule has 0 aliphatic carbocycles. The number of aromatic nitrogens is 9. The first kappa shape index (κ1) is 69.2. The second-order valence-electron chi connectivity index (χ2n) is 21.6. The average Bonchev–Trinajstić information content (AvgIpc) is 1.74. The number of rotatable bonds is 21. The number of sulfone groups is 3. The van der Waals surface area contributed by atoms with Crippen LogP contribution in [0.4, 0.5) is 0 Å². The Labute approximate surface area is 539 Å². The van der Waals surface area contributed by atoms with Crippen molar-refractivity contribution in [2.24, 2.45) is 0 Å². The van der Waals surface area contributed by atoms with E-state index in [0.717, 1.165) is 70.8 Å². The Morgan fingerprint density at radius 3 is 1.09 bits per heavy atom. The van der Waals surface area contributed by atoms with Gasteiger partial charge in [0.15, 0.2) is 29.5 Å². The molecule has 3 aromatic carbocycles. The summed E-state index contributed by atoms with van der Waals surface area (Å²) in [4.78, 5) is 51.5. The molecule has 21 nitrogen and oxygen atoms in total. The Bertz CT molecular complexity index is 4180. The number of benzene rings is 3. The van der Waals surface area contributed by atoms with Crippen molar-refractivity contribution in [1.29, 1.82) is 0 Å². The summed E-state index contributed by atoms with van der Waals surface area (Å²) in [5.74, 6) is -0.808. The van der Waals surface area contributed by atoms with Gasteiger partial charge in [0.1, 0.15) is 0 Å². The summed E-state index contributed by atoms with van der Waals surface area (Å²) in [6, 6.07) is 26.4. The van der Waals surface area contributed by atoms with Crippen molar-refractivity contribution in [3.63, 3.8) is 0 Å². The number of pyridine rings is 3. The van der Waals surface area contributed by atoms with Crippen LogP contribution < -0.4 is 16.0 Å². The maximum absolute atomic E-state index is 13.0. The van der Waals surface area contributed by atoms with Gasteiger partial charge in [-0.05, 0) is 136 Å². The van der Waals surface area contributed by atoms with Crippen LogP contribution in [0.1, 0.15) is 148 Å². The summed E-state index contributed by atoms with van der Waals surface area (Å²) in [5.41, 5.74) is 9.10. The number of halogens is 2. The van der Waals surface area contributed by atoms with Crippen molar-refractivity contribution < 1.29 is 39.6 Å². The van der Waals surface area contributed by atoms with E-state index in [-0.39, 0.29) is 50.5 Å². The van der Waals surface area contributed by atoms with Crippen LogP contribution in [0, 0.1) is 27.7 Å². The van der Waals surface area contributed by atoms with Gasteiger partial charge >= 0.3 is 0 Å². The lowest BCUT2D eigenvalue weighted by atomic mass is 10.0. The van der Waals surface area contributed by atoms with E-state index in [9.17, 15) is 39.6 Å². The fourth-order valence-electron chi connectivity index (χ4n) is 9.58. The van der Waals surface area contributed by atoms with E-state index in [1.54, 1.807) is 75.4 Å². The van der Waals surface area contributed by atoms with E-state index in [4.69, 9.17) is 11.6 Å². The molecule has 6 aromatic heterocycles. The molecule has 0 fully saturated rings. The lowest BCUT2D eigenvalue weighted by Gasteiger charge is -2.19. The number of nitrogens with one attached hydrogen (secondary N) is 3. The molecule has 0 aliphatic heterocycles. The Morgan fingerprint density at radius 1 is 0.456 bits per heavy atom. The number of hydrogen-bond donors (Lipinski definition) is 3. The first-order valence-corrected chi connectivity index (χ1v) is 35.6. The fraction of sp³-hybridized carbons (Fsp3) is 0.297. The molecular formula is C64H72BrClN12O9S3. The van der Waals surface area contributed by atoms with E-state index in [0.29, 0.717) is 69.1 Å². The molecular weight excluding hydrogens is 1290 g/mol. The third kappa shape index (κ3) is 18.0. The van der Waals surface area contributed by atoms with Crippen molar-refractivity contribution in [2.45, 2.75) is 120 Å². The van der Waals surface area contributed by atoms with Gasteiger partial charge in [-0.15, -0.1) is 0 Å². The average molecular weight is 1360 g/mol. The maximum Gasteiger partial charge on any atom is 0.255 e. The van der Waals surface area contributed by atoms with Crippen molar-refractivity contribution in [1.82, 2.24) is 60.2 Å². The van der Waals surface area contributed by atoms with Crippen molar-refractivity contribution >= 4 is 74.8 Å². The van der Waals surface area contributed by atoms with Gasteiger partial charge in [-0.1, -0.05) is 91.3 Å². The zero-order valence-electron chi connectivity index (χ0n) is 51.5.